The van der Waals surface area contributed by atoms with Crippen molar-refractivity contribution in [2.75, 3.05) is 6.61 Å². The summed E-state index contributed by atoms with van der Waals surface area (Å²) in [7, 11) is -3.87. The highest BCUT2D eigenvalue weighted by atomic mass is 32.2. The van der Waals surface area contributed by atoms with Gasteiger partial charge in [-0.15, -0.1) is 0 Å². The summed E-state index contributed by atoms with van der Waals surface area (Å²) in [4.78, 5) is 0.00826. The molecule has 1 rings (SSSR count). The van der Waals surface area contributed by atoms with Gasteiger partial charge in [-0.3, -0.25) is 4.18 Å². The quantitative estimate of drug-likeness (QED) is 0.596. The monoisotopic (exact) mass is 296 g/mol. The fourth-order valence-corrected chi connectivity index (χ4v) is 2.31. The Morgan fingerprint density at radius 3 is 2.21 bits per heavy atom. The maximum atomic E-state index is 11.9. The van der Waals surface area contributed by atoms with Gasteiger partial charge in [-0.05, 0) is 31.9 Å². The van der Waals surface area contributed by atoms with Crippen molar-refractivity contribution in [3.05, 3.63) is 29.8 Å². The normalized spacial score (nSPS) is 12.6. The van der Waals surface area contributed by atoms with Crippen LogP contribution >= 0.6 is 0 Å². The molecule has 19 heavy (non-hydrogen) atoms. The van der Waals surface area contributed by atoms with Crippen molar-refractivity contribution in [1.29, 1.82) is 0 Å². The molecule has 0 atom stereocenters. The topological polar surface area (TPSA) is 43.4 Å². The molecule has 0 amide bonds. The third kappa shape index (κ3) is 6.07. The molecule has 0 aliphatic rings. The third-order valence-electron chi connectivity index (χ3n) is 2.40. The van der Waals surface area contributed by atoms with Gasteiger partial charge in [-0.2, -0.15) is 21.6 Å². The molecule has 0 bridgehead atoms. The Balaban J connectivity index is 2.42. The summed E-state index contributed by atoms with van der Waals surface area (Å²) < 4.78 is 63.6. The molecule has 7 heteroatoms. The standard InChI is InChI=1S/C12H15F3O3S/c1-10-4-6-11(7-5-10)19(16,17)18-9-3-2-8-12(13,14)15/h4-7H,2-3,8-9H2,1H3. The molecule has 0 saturated heterocycles. The summed E-state index contributed by atoms with van der Waals surface area (Å²) >= 11 is 0. The van der Waals surface area contributed by atoms with Gasteiger partial charge in [-0.25, -0.2) is 0 Å². The van der Waals surface area contributed by atoms with Gasteiger partial charge in [0.2, 0.25) is 0 Å². The van der Waals surface area contributed by atoms with E-state index in [0.717, 1.165) is 5.56 Å². The molecule has 108 valence electrons. The Kier molecular flexibility index (Phi) is 5.37. The minimum absolute atomic E-state index is 0.00826. The van der Waals surface area contributed by atoms with Crippen LogP contribution in [-0.4, -0.2) is 21.2 Å². The first-order valence-electron chi connectivity index (χ1n) is 5.73. The second-order valence-corrected chi connectivity index (χ2v) is 5.78. The highest BCUT2D eigenvalue weighted by molar-refractivity contribution is 7.86. The largest absolute Gasteiger partial charge is 0.389 e. The van der Waals surface area contributed by atoms with E-state index >= 15 is 0 Å². The maximum absolute atomic E-state index is 11.9. The molecule has 0 saturated carbocycles. The highest BCUT2D eigenvalue weighted by Gasteiger charge is 2.26. The SMILES string of the molecule is Cc1ccc(S(=O)(=O)OCCCCC(F)(F)F)cc1. The molecule has 0 aliphatic heterocycles. The number of unbranched alkanes of at least 4 members (excludes halogenated alkanes) is 1. The number of rotatable bonds is 6. The lowest BCUT2D eigenvalue weighted by molar-refractivity contribution is -0.135. The summed E-state index contributed by atoms with van der Waals surface area (Å²) in [6, 6.07) is 6.06. The summed E-state index contributed by atoms with van der Waals surface area (Å²) in [5.41, 5.74) is 0.907. The van der Waals surface area contributed by atoms with Gasteiger partial charge in [-0.1, -0.05) is 17.7 Å². The number of hydrogen-bond donors (Lipinski definition) is 0. The molecule has 0 radical (unpaired) electrons. The van der Waals surface area contributed by atoms with Crippen LogP contribution in [0.15, 0.2) is 29.2 Å². The lowest BCUT2D eigenvalue weighted by Crippen LogP contribution is -2.10. The van der Waals surface area contributed by atoms with E-state index in [1.165, 1.54) is 12.1 Å². The lowest BCUT2D eigenvalue weighted by atomic mass is 10.2. The van der Waals surface area contributed by atoms with Gasteiger partial charge >= 0.3 is 6.18 Å². The van der Waals surface area contributed by atoms with Crippen LogP contribution in [0, 0.1) is 6.92 Å². The maximum Gasteiger partial charge on any atom is 0.389 e. The zero-order valence-electron chi connectivity index (χ0n) is 10.4. The average Bonchev–Trinajstić information content (AvgIpc) is 2.27. The Hall–Kier alpha value is -1.08. The first-order chi connectivity index (χ1) is 8.71. The minimum Gasteiger partial charge on any atom is -0.266 e. The van der Waals surface area contributed by atoms with Gasteiger partial charge in [0.1, 0.15) is 0 Å². The molecule has 1 aromatic carbocycles. The van der Waals surface area contributed by atoms with Gasteiger partial charge in [0.25, 0.3) is 10.1 Å². The Morgan fingerprint density at radius 1 is 1.11 bits per heavy atom. The van der Waals surface area contributed by atoms with Crippen molar-refractivity contribution in [2.45, 2.75) is 37.3 Å². The summed E-state index contributed by atoms with van der Waals surface area (Å²) in [5, 5.41) is 0. The summed E-state index contributed by atoms with van der Waals surface area (Å²) in [5.74, 6) is 0. The first kappa shape index (κ1) is 16.0. The molecular weight excluding hydrogens is 281 g/mol. The van der Waals surface area contributed by atoms with Crippen molar-refractivity contribution >= 4 is 10.1 Å². The molecule has 3 nitrogen and oxygen atoms in total. The Bertz CT molecular complexity index is 492. The zero-order valence-corrected chi connectivity index (χ0v) is 11.2. The number of aryl methyl sites for hydroxylation is 1. The van der Waals surface area contributed by atoms with Crippen LogP contribution in [0.2, 0.25) is 0 Å². The first-order valence-corrected chi connectivity index (χ1v) is 7.14. The van der Waals surface area contributed by atoms with Crippen LogP contribution in [0.1, 0.15) is 24.8 Å². The number of alkyl halides is 3. The molecule has 0 unspecified atom stereocenters. The fraction of sp³-hybridized carbons (Fsp3) is 0.500. The molecule has 0 spiro atoms. The highest BCUT2D eigenvalue weighted by Crippen LogP contribution is 2.22. The van der Waals surface area contributed by atoms with Crippen LogP contribution in [0.25, 0.3) is 0 Å². The van der Waals surface area contributed by atoms with Crippen LogP contribution in [0.5, 0.6) is 0 Å². The lowest BCUT2D eigenvalue weighted by Gasteiger charge is -2.07. The van der Waals surface area contributed by atoms with Crippen molar-refractivity contribution in [2.24, 2.45) is 0 Å². The third-order valence-corrected chi connectivity index (χ3v) is 3.73. The number of halogens is 3. The molecule has 1 aromatic rings. The van der Waals surface area contributed by atoms with E-state index < -0.39 is 22.7 Å². The molecular formula is C12H15F3O3S. The molecule has 0 fully saturated rings. The summed E-state index contributed by atoms with van der Waals surface area (Å²) in [6.07, 6.45) is -5.24. The van der Waals surface area contributed by atoms with Gasteiger partial charge in [0.05, 0.1) is 11.5 Å². The van der Waals surface area contributed by atoms with E-state index in [4.69, 9.17) is 0 Å². The molecule has 0 heterocycles. The van der Waals surface area contributed by atoms with E-state index in [-0.39, 0.29) is 24.3 Å². The van der Waals surface area contributed by atoms with Crippen LogP contribution in [-0.2, 0) is 14.3 Å². The molecule has 0 N–H and O–H groups in total. The van der Waals surface area contributed by atoms with Crippen molar-refractivity contribution in [1.82, 2.24) is 0 Å². The second kappa shape index (κ2) is 6.38. The van der Waals surface area contributed by atoms with E-state index in [1.54, 1.807) is 12.1 Å². The average molecular weight is 296 g/mol. The van der Waals surface area contributed by atoms with E-state index in [1.807, 2.05) is 6.92 Å². The van der Waals surface area contributed by atoms with Crippen LogP contribution < -0.4 is 0 Å². The van der Waals surface area contributed by atoms with Gasteiger partial charge in [0.15, 0.2) is 0 Å². The predicted octanol–water partition coefficient (Wildman–Crippen LogP) is 3.43. The Labute approximate surface area is 110 Å². The van der Waals surface area contributed by atoms with E-state index in [9.17, 15) is 21.6 Å². The van der Waals surface area contributed by atoms with Crippen molar-refractivity contribution in [3.63, 3.8) is 0 Å². The fourth-order valence-electron chi connectivity index (χ4n) is 1.37. The second-order valence-electron chi connectivity index (χ2n) is 4.16. The number of hydrogen-bond acceptors (Lipinski definition) is 3. The molecule has 0 aliphatic carbocycles. The van der Waals surface area contributed by atoms with E-state index in [0.29, 0.717) is 0 Å². The van der Waals surface area contributed by atoms with Crippen molar-refractivity contribution < 1.29 is 25.8 Å². The van der Waals surface area contributed by atoms with Gasteiger partial charge in [0, 0.05) is 6.42 Å². The van der Waals surface area contributed by atoms with Gasteiger partial charge < -0.3 is 0 Å². The predicted molar refractivity (Wildman–Crippen MR) is 64.2 cm³/mol. The zero-order chi connectivity index (χ0) is 14.5. The summed E-state index contributed by atoms with van der Waals surface area (Å²) in [6.45, 7) is 1.57. The smallest absolute Gasteiger partial charge is 0.266 e. The number of benzene rings is 1. The van der Waals surface area contributed by atoms with Crippen LogP contribution in [0.4, 0.5) is 13.2 Å². The van der Waals surface area contributed by atoms with Crippen LogP contribution in [0.3, 0.4) is 0 Å². The molecule has 0 aromatic heterocycles. The minimum atomic E-state index is -4.21. The van der Waals surface area contributed by atoms with E-state index in [2.05, 4.69) is 4.18 Å². The van der Waals surface area contributed by atoms with Crippen molar-refractivity contribution in [3.8, 4) is 0 Å². The Morgan fingerprint density at radius 2 is 1.68 bits per heavy atom.